The summed E-state index contributed by atoms with van der Waals surface area (Å²) in [6, 6.07) is 12.0. The van der Waals surface area contributed by atoms with E-state index in [-0.39, 0.29) is 5.60 Å². The van der Waals surface area contributed by atoms with Crippen LogP contribution in [0.15, 0.2) is 30.3 Å². The van der Waals surface area contributed by atoms with E-state index in [9.17, 15) is 0 Å². The lowest BCUT2D eigenvalue weighted by atomic mass is 9.80. The predicted molar refractivity (Wildman–Crippen MR) is 73.6 cm³/mol. The van der Waals surface area contributed by atoms with Crippen molar-refractivity contribution in [1.82, 2.24) is 4.90 Å². The van der Waals surface area contributed by atoms with Gasteiger partial charge in [0.15, 0.2) is 0 Å². The van der Waals surface area contributed by atoms with Crippen molar-refractivity contribution in [3.63, 3.8) is 0 Å². The van der Waals surface area contributed by atoms with Crippen molar-refractivity contribution in [2.24, 2.45) is 0 Å². The summed E-state index contributed by atoms with van der Waals surface area (Å²) in [4.78, 5) is 2.63. The van der Waals surface area contributed by atoms with Crippen LogP contribution >= 0.6 is 0 Å². The van der Waals surface area contributed by atoms with Gasteiger partial charge in [0, 0.05) is 18.6 Å². The highest BCUT2D eigenvalue weighted by Gasteiger charge is 2.44. The van der Waals surface area contributed by atoms with Crippen LogP contribution in [0.2, 0.25) is 0 Å². The van der Waals surface area contributed by atoms with Crippen molar-refractivity contribution in [2.75, 3.05) is 13.2 Å². The summed E-state index contributed by atoms with van der Waals surface area (Å²) in [5.41, 5.74) is 1.67. The second kappa shape index (κ2) is 4.67. The van der Waals surface area contributed by atoms with E-state index in [1.165, 1.54) is 24.8 Å². The standard InChI is InChI=1S/C16H23NO/c1-13-12-16(9-11-18-16)8-10-17(13)14(2)15-6-4-3-5-7-15/h3-7,13-14H,8-12H2,1-2H3. The number of likely N-dealkylation sites (tertiary alicyclic amines) is 1. The van der Waals surface area contributed by atoms with E-state index in [0.717, 1.165) is 13.2 Å². The van der Waals surface area contributed by atoms with Crippen LogP contribution in [-0.4, -0.2) is 29.7 Å². The van der Waals surface area contributed by atoms with Crippen molar-refractivity contribution < 1.29 is 4.74 Å². The first-order valence-corrected chi connectivity index (χ1v) is 7.15. The summed E-state index contributed by atoms with van der Waals surface area (Å²) < 4.78 is 5.84. The van der Waals surface area contributed by atoms with Gasteiger partial charge in [0.25, 0.3) is 0 Å². The minimum atomic E-state index is 0.242. The normalized spacial score (nSPS) is 34.2. The van der Waals surface area contributed by atoms with Crippen LogP contribution in [0, 0.1) is 0 Å². The highest BCUT2D eigenvalue weighted by Crippen LogP contribution is 2.41. The van der Waals surface area contributed by atoms with Crippen LogP contribution in [0.25, 0.3) is 0 Å². The quantitative estimate of drug-likeness (QED) is 0.792. The summed E-state index contributed by atoms with van der Waals surface area (Å²) >= 11 is 0. The van der Waals surface area contributed by atoms with Crippen LogP contribution < -0.4 is 0 Å². The zero-order valence-electron chi connectivity index (χ0n) is 11.4. The third kappa shape index (κ3) is 2.08. The molecule has 3 rings (SSSR count). The maximum atomic E-state index is 5.84. The molecule has 1 aromatic rings. The summed E-state index contributed by atoms with van der Waals surface area (Å²) in [7, 11) is 0. The Labute approximate surface area is 110 Å². The maximum absolute atomic E-state index is 5.84. The van der Waals surface area contributed by atoms with E-state index < -0.39 is 0 Å². The van der Waals surface area contributed by atoms with Gasteiger partial charge in [0.05, 0.1) is 12.2 Å². The molecule has 0 bridgehead atoms. The molecule has 2 fully saturated rings. The average Bonchev–Trinajstić information content (AvgIpc) is 2.37. The van der Waals surface area contributed by atoms with Crippen molar-refractivity contribution in [1.29, 1.82) is 0 Å². The maximum Gasteiger partial charge on any atom is 0.0731 e. The molecule has 3 unspecified atom stereocenters. The number of hydrogen-bond donors (Lipinski definition) is 0. The van der Waals surface area contributed by atoms with Crippen LogP contribution in [0.5, 0.6) is 0 Å². The highest BCUT2D eigenvalue weighted by atomic mass is 16.5. The summed E-state index contributed by atoms with van der Waals surface area (Å²) in [5, 5.41) is 0. The van der Waals surface area contributed by atoms with E-state index >= 15 is 0 Å². The van der Waals surface area contributed by atoms with Crippen LogP contribution in [-0.2, 0) is 4.74 Å². The SMILES string of the molecule is CC1CC2(CCO2)CCN1C(C)c1ccccc1. The Morgan fingerprint density at radius 3 is 2.56 bits per heavy atom. The third-order valence-corrected chi connectivity index (χ3v) is 4.80. The van der Waals surface area contributed by atoms with Gasteiger partial charge in [-0.05, 0) is 38.7 Å². The zero-order chi connectivity index (χ0) is 12.6. The number of hydrogen-bond acceptors (Lipinski definition) is 2. The van der Waals surface area contributed by atoms with E-state index in [1.807, 2.05) is 0 Å². The first-order valence-electron chi connectivity index (χ1n) is 7.15. The summed E-state index contributed by atoms with van der Waals surface area (Å²) in [5.74, 6) is 0. The molecule has 0 radical (unpaired) electrons. The lowest BCUT2D eigenvalue weighted by Gasteiger charge is -2.52. The Morgan fingerprint density at radius 2 is 2.00 bits per heavy atom. The van der Waals surface area contributed by atoms with E-state index in [2.05, 4.69) is 49.1 Å². The molecule has 2 heterocycles. The first kappa shape index (κ1) is 12.2. The van der Waals surface area contributed by atoms with Crippen molar-refractivity contribution in [3.05, 3.63) is 35.9 Å². The molecule has 0 saturated carbocycles. The fourth-order valence-corrected chi connectivity index (χ4v) is 3.56. The lowest BCUT2D eigenvalue weighted by Crippen LogP contribution is -2.55. The molecular formula is C16H23NO. The summed E-state index contributed by atoms with van der Waals surface area (Å²) in [6.07, 6.45) is 3.67. The molecule has 0 aliphatic carbocycles. The second-order valence-electron chi connectivity index (χ2n) is 5.91. The van der Waals surface area contributed by atoms with Gasteiger partial charge in [-0.25, -0.2) is 0 Å². The van der Waals surface area contributed by atoms with Gasteiger partial charge in [-0.3, -0.25) is 4.90 Å². The van der Waals surface area contributed by atoms with Crippen LogP contribution in [0.4, 0.5) is 0 Å². The van der Waals surface area contributed by atoms with Crippen molar-refractivity contribution in [3.8, 4) is 0 Å². The second-order valence-corrected chi connectivity index (χ2v) is 5.91. The molecule has 1 spiro atoms. The number of nitrogens with zero attached hydrogens (tertiary/aromatic N) is 1. The Balaban J connectivity index is 1.70. The Hall–Kier alpha value is -0.860. The molecule has 1 aromatic carbocycles. The van der Waals surface area contributed by atoms with Crippen molar-refractivity contribution >= 4 is 0 Å². The van der Waals surface area contributed by atoms with Gasteiger partial charge >= 0.3 is 0 Å². The Bertz CT molecular complexity index is 399. The van der Waals surface area contributed by atoms with Crippen LogP contribution in [0.3, 0.4) is 0 Å². The number of rotatable bonds is 2. The molecule has 0 aromatic heterocycles. The molecule has 0 amide bonds. The van der Waals surface area contributed by atoms with Crippen LogP contribution in [0.1, 0.15) is 44.7 Å². The number of ether oxygens (including phenoxy) is 1. The Kier molecular flexibility index (Phi) is 3.16. The average molecular weight is 245 g/mol. The molecule has 2 saturated heterocycles. The van der Waals surface area contributed by atoms with Gasteiger partial charge in [-0.15, -0.1) is 0 Å². The monoisotopic (exact) mass is 245 g/mol. The molecule has 98 valence electrons. The van der Waals surface area contributed by atoms with Gasteiger partial charge in [-0.1, -0.05) is 30.3 Å². The van der Waals surface area contributed by atoms with Crippen molar-refractivity contribution in [2.45, 2.75) is 50.8 Å². The van der Waals surface area contributed by atoms with E-state index in [0.29, 0.717) is 12.1 Å². The number of benzene rings is 1. The lowest BCUT2D eigenvalue weighted by molar-refractivity contribution is -0.185. The van der Waals surface area contributed by atoms with Gasteiger partial charge < -0.3 is 4.74 Å². The fraction of sp³-hybridized carbons (Fsp3) is 0.625. The van der Waals surface area contributed by atoms with Gasteiger partial charge in [0.2, 0.25) is 0 Å². The molecule has 2 nitrogen and oxygen atoms in total. The highest BCUT2D eigenvalue weighted by molar-refractivity contribution is 5.19. The zero-order valence-corrected chi connectivity index (χ0v) is 11.4. The van der Waals surface area contributed by atoms with Gasteiger partial charge in [-0.2, -0.15) is 0 Å². The predicted octanol–water partition coefficient (Wildman–Crippen LogP) is 3.39. The topological polar surface area (TPSA) is 12.5 Å². The minimum absolute atomic E-state index is 0.242. The molecule has 0 N–H and O–H groups in total. The first-order chi connectivity index (χ1) is 8.70. The summed E-state index contributed by atoms with van der Waals surface area (Å²) in [6.45, 7) is 6.81. The van der Waals surface area contributed by atoms with E-state index in [4.69, 9.17) is 4.74 Å². The largest absolute Gasteiger partial charge is 0.375 e. The minimum Gasteiger partial charge on any atom is -0.375 e. The third-order valence-electron chi connectivity index (χ3n) is 4.80. The molecular weight excluding hydrogens is 222 g/mol. The van der Waals surface area contributed by atoms with Gasteiger partial charge in [0.1, 0.15) is 0 Å². The molecule has 2 aliphatic heterocycles. The van der Waals surface area contributed by atoms with E-state index in [1.54, 1.807) is 0 Å². The molecule has 2 aliphatic rings. The molecule has 2 heteroatoms. The molecule has 3 atom stereocenters. The number of piperidine rings is 1. The Morgan fingerprint density at radius 1 is 1.28 bits per heavy atom. The molecule has 18 heavy (non-hydrogen) atoms. The smallest absolute Gasteiger partial charge is 0.0731 e. The fourth-order valence-electron chi connectivity index (χ4n) is 3.56.